The SMILES string of the molecule is CCNC(=O)[C@H](C)N(Cc1ccc(Cl)c(Cl)c1)C(=O)CN(c1cccc(Cl)c1)S(=O)(=O)c1ccc(Cl)cc1. The minimum atomic E-state index is -4.23. The quantitative estimate of drug-likeness (QED) is 0.300. The molecule has 7 nitrogen and oxygen atoms in total. The summed E-state index contributed by atoms with van der Waals surface area (Å²) in [6, 6.07) is 15.7. The molecule has 0 saturated carbocycles. The summed E-state index contributed by atoms with van der Waals surface area (Å²) >= 11 is 24.3. The first-order valence-electron chi connectivity index (χ1n) is 11.5. The normalized spacial score (nSPS) is 12.1. The lowest BCUT2D eigenvalue weighted by molar-refractivity contribution is -0.139. The summed E-state index contributed by atoms with van der Waals surface area (Å²) in [5.74, 6) is -1.01. The molecular formula is C26H25Cl4N3O4S. The molecule has 3 aromatic rings. The number of nitrogens with zero attached hydrogens (tertiary/aromatic N) is 2. The van der Waals surface area contributed by atoms with Gasteiger partial charge in [0.1, 0.15) is 12.6 Å². The van der Waals surface area contributed by atoms with Crippen LogP contribution in [0.25, 0.3) is 0 Å². The smallest absolute Gasteiger partial charge is 0.264 e. The molecule has 12 heteroatoms. The number of amides is 2. The highest BCUT2D eigenvalue weighted by Gasteiger charge is 2.32. The molecule has 202 valence electrons. The number of sulfonamides is 1. The average Bonchev–Trinajstić information content (AvgIpc) is 2.87. The number of rotatable bonds is 10. The average molecular weight is 617 g/mol. The van der Waals surface area contributed by atoms with Gasteiger partial charge in [-0.1, -0.05) is 58.5 Å². The van der Waals surface area contributed by atoms with Gasteiger partial charge in [0.2, 0.25) is 11.8 Å². The molecule has 0 heterocycles. The highest BCUT2D eigenvalue weighted by molar-refractivity contribution is 7.92. The van der Waals surface area contributed by atoms with Gasteiger partial charge >= 0.3 is 0 Å². The molecule has 0 spiro atoms. The van der Waals surface area contributed by atoms with Crippen LogP contribution in [0.1, 0.15) is 19.4 Å². The first kappa shape index (κ1) is 30.1. The fraction of sp³-hybridized carbons (Fsp3) is 0.231. The molecule has 0 radical (unpaired) electrons. The van der Waals surface area contributed by atoms with E-state index in [2.05, 4.69) is 5.32 Å². The van der Waals surface area contributed by atoms with E-state index in [0.717, 1.165) is 4.31 Å². The summed E-state index contributed by atoms with van der Waals surface area (Å²) < 4.78 is 28.4. The summed E-state index contributed by atoms with van der Waals surface area (Å²) in [5, 5.41) is 3.97. The second-order valence-corrected chi connectivity index (χ2v) is 11.8. The Labute approximate surface area is 242 Å². The van der Waals surface area contributed by atoms with E-state index in [9.17, 15) is 18.0 Å². The van der Waals surface area contributed by atoms with Crippen LogP contribution in [-0.2, 0) is 26.2 Å². The van der Waals surface area contributed by atoms with Crippen molar-refractivity contribution in [2.75, 3.05) is 17.4 Å². The molecule has 0 aliphatic carbocycles. The molecule has 0 bridgehead atoms. The molecule has 0 unspecified atom stereocenters. The molecule has 38 heavy (non-hydrogen) atoms. The third-order valence-electron chi connectivity index (χ3n) is 5.63. The molecule has 0 fully saturated rings. The van der Waals surface area contributed by atoms with Crippen LogP contribution in [0.2, 0.25) is 20.1 Å². The van der Waals surface area contributed by atoms with Gasteiger partial charge in [0.15, 0.2) is 0 Å². The number of likely N-dealkylation sites (N-methyl/N-ethyl adjacent to an activating group) is 1. The molecule has 1 atom stereocenters. The Morgan fingerprint density at radius 2 is 1.58 bits per heavy atom. The number of hydrogen-bond donors (Lipinski definition) is 1. The number of carbonyl (C=O) groups excluding carboxylic acids is 2. The van der Waals surface area contributed by atoms with Gasteiger partial charge in [-0.2, -0.15) is 0 Å². The van der Waals surface area contributed by atoms with Crippen LogP contribution >= 0.6 is 46.4 Å². The van der Waals surface area contributed by atoms with Gasteiger partial charge in [0.25, 0.3) is 10.0 Å². The van der Waals surface area contributed by atoms with Crippen LogP contribution < -0.4 is 9.62 Å². The summed E-state index contributed by atoms with van der Waals surface area (Å²) in [5.41, 5.74) is 0.791. The van der Waals surface area contributed by atoms with Crippen molar-refractivity contribution in [2.24, 2.45) is 0 Å². The van der Waals surface area contributed by atoms with E-state index >= 15 is 0 Å². The first-order valence-corrected chi connectivity index (χ1v) is 14.4. The minimum Gasteiger partial charge on any atom is -0.355 e. The Balaban J connectivity index is 2.04. The zero-order chi connectivity index (χ0) is 28.0. The second kappa shape index (κ2) is 13.0. The molecule has 1 N–H and O–H groups in total. The van der Waals surface area contributed by atoms with E-state index < -0.39 is 34.4 Å². The van der Waals surface area contributed by atoms with E-state index in [1.54, 1.807) is 44.2 Å². The summed E-state index contributed by atoms with van der Waals surface area (Å²) in [6.45, 7) is 3.07. The van der Waals surface area contributed by atoms with Gasteiger partial charge in [-0.3, -0.25) is 13.9 Å². The Kier molecular flexibility index (Phi) is 10.3. The van der Waals surface area contributed by atoms with Crippen LogP contribution in [0.3, 0.4) is 0 Å². The number of carbonyl (C=O) groups is 2. The van der Waals surface area contributed by atoms with Gasteiger partial charge in [-0.15, -0.1) is 0 Å². The van der Waals surface area contributed by atoms with Crippen LogP contribution in [0.15, 0.2) is 71.6 Å². The van der Waals surface area contributed by atoms with E-state index in [1.165, 1.54) is 41.3 Å². The number of nitrogens with one attached hydrogen (secondary N) is 1. The van der Waals surface area contributed by atoms with Crippen LogP contribution in [-0.4, -0.2) is 44.3 Å². The Morgan fingerprint density at radius 1 is 0.895 bits per heavy atom. The number of anilines is 1. The molecule has 0 aromatic heterocycles. The van der Waals surface area contributed by atoms with Crippen LogP contribution in [0, 0.1) is 0 Å². The van der Waals surface area contributed by atoms with Gasteiger partial charge < -0.3 is 10.2 Å². The third kappa shape index (κ3) is 7.33. The number of halogens is 4. The molecule has 0 saturated heterocycles. The summed E-state index contributed by atoms with van der Waals surface area (Å²) in [7, 11) is -4.23. The third-order valence-corrected chi connectivity index (χ3v) is 8.65. The van der Waals surface area contributed by atoms with Gasteiger partial charge in [0.05, 0.1) is 20.6 Å². The monoisotopic (exact) mass is 615 g/mol. The Morgan fingerprint density at radius 3 is 2.18 bits per heavy atom. The fourth-order valence-corrected chi connectivity index (χ4v) is 5.67. The zero-order valence-corrected chi connectivity index (χ0v) is 24.3. The van der Waals surface area contributed by atoms with Crippen molar-refractivity contribution in [3.05, 3.63) is 92.4 Å². The maximum Gasteiger partial charge on any atom is 0.264 e. The van der Waals surface area contributed by atoms with Crippen LogP contribution in [0.5, 0.6) is 0 Å². The molecule has 2 amide bonds. The lowest BCUT2D eigenvalue weighted by Gasteiger charge is -2.32. The van der Waals surface area contributed by atoms with Gasteiger partial charge in [-0.25, -0.2) is 8.42 Å². The van der Waals surface area contributed by atoms with Crippen molar-refractivity contribution in [1.82, 2.24) is 10.2 Å². The molecule has 0 aliphatic heterocycles. The van der Waals surface area contributed by atoms with Crippen molar-refractivity contribution < 1.29 is 18.0 Å². The maximum absolute atomic E-state index is 13.8. The molecule has 0 aliphatic rings. The van der Waals surface area contributed by atoms with Crippen molar-refractivity contribution >= 4 is 73.9 Å². The maximum atomic E-state index is 13.8. The van der Waals surface area contributed by atoms with Crippen molar-refractivity contribution in [1.29, 1.82) is 0 Å². The standard InChI is InChI=1S/C26H25Cl4N3O4S/c1-3-31-26(35)17(2)32(15-18-7-12-23(29)24(30)13-18)25(34)16-33(21-6-4-5-20(28)14-21)38(36,37)22-10-8-19(27)9-11-22/h4-14,17H,3,15-16H2,1-2H3,(H,31,35)/t17-/m0/s1. The van der Waals surface area contributed by atoms with E-state index in [4.69, 9.17) is 46.4 Å². The van der Waals surface area contributed by atoms with E-state index in [1.807, 2.05) is 0 Å². The highest BCUT2D eigenvalue weighted by atomic mass is 35.5. The highest BCUT2D eigenvalue weighted by Crippen LogP contribution is 2.28. The Bertz CT molecular complexity index is 1420. The number of benzene rings is 3. The van der Waals surface area contributed by atoms with E-state index in [-0.39, 0.29) is 27.2 Å². The first-order chi connectivity index (χ1) is 17.9. The Hall–Kier alpha value is -2.49. The van der Waals surface area contributed by atoms with Gasteiger partial charge in [0, 0.05) is 23.1 Å². The minimum absolute atomic E-state index is 0.0155. The van der Waals surface area contributed by atoms with Gasteiger partial charge in [-0.05, 0) is 74.0 Å². The van der Waals surface area contributed by atoms with E-state index in [0.29, 0.717) is 22.2 Å². The lowest BCUT2D eigenvalue weighted by Crippen LogP contribution is -2.51. The molecule has 3 aromatic carbocycles. The fourth-order valence-electron chi connectivity index (χ4n) is 3.63. The summed E-state index contributed by atoms with van der Waals surface area (Å²) in [4.78, 5) is 27.7. The zero-order valence-electron chi connectivity index (χ0n) is 20.5. The predicted molar refractivity (Wildman–Crippen MR) is 153 cm³/mol. The predicted octanol–water partition coefficient (Wildman–Crippen LogP) is 6.05. The van der Waals surface area contributed by atoms with Crippen LogP contribution in [0.4, 0.5) is 5.69 Å². The number of hydrogen-bond acceptors (Lipinski definition) is 4. The van der Waals surface area contributed by atoms with Crippen molar-refractivity contribution in [2.45, 2.75) is 31.3 Å². The summed E-state index contributed by atoms with van der Waals surface area (Å²) in [6.07, 6.45) is 0. The topological polar surface area (TPSA) is 86.8 Å². The molecular weight excluding hydrogens is 592 g/mol. The van der Waals surface area contributed by atoms with Crippen molar-refractivity contribution in [3.63, 3.8) is 0 Å². The van der Waals surface area contributed by atoms with Crippen molar-refractivity contribution in [3.8, 4) is 0 Å². The largest absolute Gasteiger partial charge is 0.355 e. The second-order valence-electron chi connectivity index (χ2n) is 8.29. The molecule has 3 rings (SSSR count). The lowest BCUT2D eigenvalue weighted by atomic mass is 10.1.